The van der Waals surface area contributed by atoms with E-state index in [2.05, 4.69) is 41.6 Å². The third-order valence-electron chi connectivity index (χ3n) is 3.67. The Morgan fingerprint density at radius 2 is 1.17 bits per heavy atom. The maximum Gasteiger partial charge on any atom is 0.116 e. The van der Waals surface area contributed by atoms with Crippen molar-refractivity contribution in [2.45, 2.75) is 0 Å². The van der Waals surface area contributed by atoms with Crippen molar-refractivity contribution in [1.29, 1.82) is 0 Å². The van der Waals surface area contributed by atoms with Crippen molar-refractivity contribution >= 4 is 56.5 Å². The van der Waals surface area contributed by atoms with Crippen molar-refractivity contribution in [2.24, 2.45) is 0 Å². The minimum Gasteiger partial charge on any atom is -0.252 e. The van der Waals surface area contributed by atoms with Crippen LogP contribution < -0.4 is 0 Å². The summed E-state index contributed by atoms with van der Waals surface area (Å²) >= 11 is 4.61. The van der Waals surface area contributed by atoms with E-state index in [0.29, 0.717) is 0 Å². The molecular weight excluding hydrogens is 344 g/mol. The molecular formula is C16H8N4S3. The summed E-state index contributed by atoms with van der Waals surface area (Å²) in [6, 6.07) is 8.28. The SMILES string of the molecule is c1csc(-c2c3nccnc3c(-c3cccs3)c3nsnc23)c1. The summed E-state index contributed by atoms with van der Waals surface area (Å²) in [6.45, 7) is 0. The predicted molar refractivity (Wildman–Crippen MR) is 97.1 cm³/mol. The molecule has 4 aromatic heterocycles. The molecule has 0 aliphatic rings. The van der Waals surface area contributed by atoms with E-state index in [-0.39, 0.29) is 0 Å². The fraction of sp³-hybridized carbons (Fsp3) is 0. The fourth-order valence-corrected chi connectivity index (χ4v) is 4.86. The Balaban J connectivity index is 2.04. The lowest BCUT2D eigenvalue weighted by Crippen LogP contribution is -1.92. The zero-order valence-corrected chi connectivity index (χ0v) is 14.1. The molecule has 5 aromatic rings. The van der Waals surface area contributed by atoms with Gasteiger partial charge in [0.2, 0.25) is 0 Å². The van der Waals surface area contributed by atoms with Gasteiger partial charge in [0.25, 0.3) is 0 Å². The van der Waals surface area contributed by atoms with Crippen molar-refractivity contribution in [3.63, 3.8) is 0 Å². The molecule has 0 amide bonds. The van der Waals surface area contributed by atoms with Crippen molar-refractivity contribution < 1.29 is 0 Å². The van der Waals surface area contributed by atoms with Gasteiger partial charge in [0.15, 0.2) is 0 Å². The first-order chi connectivity index (χ1) is 11.4. The maximum absolute atomic E-state index is 4.62. The lowest BCUT2D eigenvalue weighted by molar-refractivity contribution is 1.30. The number of benzene rings is 1. The zero-order valence-electron chi connectivity index (χ0n) is 11.6. The van der Waals surface area contributed by atoms with Crippen LogP contribution in [0, 0.1) is 0 Å². The van der Waals surface area contributed by atoms with Gasteiger partial charge in [-0.1, -0.05) is 12.1 Å². The van der Waals surface area contributed by atoms with E-state index in [9.17, 15) is 0 Å². The van der Waals surface area contributed by atoms with Crippen LogP contribution in [0.3, 0.4) is 0 Å². The van der Waals surface area contributed by atoms with Crippen LogP contribution in [0.25, 0.3) is 42.9 Å². The van der Waals surface area contributed by atoms with Gasteiger partial charge in [-0.2, -0.15) is 8.75 Å². The standard InChI is InChI=1S/C16H8N4S3/c1-3-9(21-7-1)11-13-14(18-6-5-17-13)12(10-4-2-8-22-10)16-15(11)19-23-20-16/h1-8H. The van der Waals surface area contributed by atoms with Gasteiger partial charge in [0.05, 0.1) is 11.7 Å². The van der Waals surface area contributed by atoms with Gasteiger partial charge in [0, 0.05) is 33.3 Å². The van der Waals surface area contributed by atoms with Crippen molar-refractivity contribution in [3.8, 4) is 20.9 Å². The van der Waals surface area contributed by atoms with Crippen LogP contribution in [0.4, 0.5) is 0 Å². The topological polar surface area (TPSA) is 51.6 Å². The third-order valence-corrected chi connectivity index (χ3v) is 5.97. The molecule has 0 saturated heterocycles. The number of fused-ring (bicyclic) bond motifs is 2. The van der Waals surface area contributed by atoms with E-state index >= 15 is 0 Å². The number of rotatable bonds is 2. The molecule has 7 heteroatoms. The second-order valence-electron chi connectivity index (χ2n) is 4.92. The lowest BCUT2D eigenvalue weighted by atomic mass is 10.0. The maximum atomic E-state index is 4.62. The summed E-state index contributed by atoms with van der Waals surface area (Å²) < 4.78 is 9.14. The number of hydrogen-bond donors (Lipinski definition) is 0. The van der Waals surface area contributed by atoms with Crippen molar-refractivity contribution in [2.75, 3.05) is 0 Å². The normalized spacial score (nSPS) is 11.5. The monoisotopic (exact) mass is 352 g/mol. The summed E-state index contributed by atoms with van der Waals surface area (Å²) in [4.78, 5) is 11.5. The molecule has 0 aliphatic carbocycles. The Hall–Kier alpha value is -2.22. The molecule has 5 rings (SSSR count). The van der Waals surface area contributed by atoms with E-state index in [1.807, 2.05) is 12.1 Å². The van der Waals surface area contributed by atoms with Crippen LogP contribution in [0.15, 0.2) is 47.4 Å². The third kappa shape index (κ3) is 1.94. The molecule has 0 saturated carbocycles. The van der Waals surface area contributed by atoms with Crippen LogP contribution in [0.1, 0.15) is 0 Å². The average Bonchev–Trinajstić information content (AvgIpc) is 3.33. The van der Waals surface area contributed by atoms with Gasteiger partial charge in [0.1, 0.15) is 22.1 Å². The molecule has 0 unspecified atom stereocenters. The van der Waals surface area contributed by atoms with E-state index in [4.69, 9.17) is 0 Å². The molecule has 110 valence electrons. The second kappa shape index (κ2) is 5.16. The summed E-state index contributed by atoms with van der Waals surface area (Å²) in [5, 5.41) is 4.13. The number of thiophene rings is 2. The van der Waals surface area contributed by atoms with Crippen molar-refractivity contribution in [3.05, 3.63) is 47.4 Å². The van der Waals surface area contributed by atoms with Crippen LogP contribution in [-0.4, -0.2) is 18.7 Å². The summed E-state index contributed by atoms with van der Waals surface area (Å²) in [6.07, 6.45) is 3.48. The Bertz CT molecular complexity index is 1020. The smallest absolute Gasteiger partial charge is 0.116 e. The zero-order chi connectivity index (χ0) is 15.2. The molecule has 4 heterocycles. The van der Waals surface area contributed by atoms with Crippen LogP contribution in [0.5, 0.6) is 0 Å². The first-order valence-electron chi connectivity index (χ1n) is 6.90. The largest absolute Gasteiger partial charge is 0.252 e. The number of aromatic nitrogens is 4. The van der Waals surface area contributed by atoms with E-state index in [1.54, 1.807) is 35.1 Å². The quantitative estimate of drug-likeness (QED) is 0.444. The highest BCUT2D eigenvalue weighted by Crippen LogP contribution is 2.43. The molecule has 0 N–H and O–H groups in total. The van der Waals surface area contributed by atoms with Gasteiger partial charge >= 0.3 is 0 Å². The highest BCUT2D eigenvalue weighted by Gasteiger charge is 2.22. The first-order valence-corrected chi connectivity index (χ1v) is 9.39. The minimum absolute atomic E-state index is 0.888. The van der Waals surface area contributed by atoms with Gasteiger partial charge < -0.3 is 0 Å². The van der Waals surface area contributed by atoms with E-state index < -0.39 is 0 Å². The van der Waals surface area contributed by atoms with Gasteiger partial charge in [-0.25, -0.2) is 0 Å². The summed E-state index contributed by atoms with van der Waals surface area (Å²) in [5.74, 6) is 0. The predicted octanol–water partition coefficient (Wildman–Crippen LogP) is 5.09. The highest BCUT2D eigenvalue weighted by atomic mass is 32.1. The first kappa shape index (κ1) is 13.2. The van der Waals surface area contributed by atoms with Crippen molar-refractivity contribution in [1.82, 2.24) is 18.7 Å². The average molecular weight is 352 g/mol. The molecule has 1 aromatic carbocycles. The van der Waals surface area contributed by atoms with Gasteiger partial charge in [-0.15, -0.1) is 22.7 Å². The molecule has 0 bridgehead atoms. The van der Waals surface area contributed by atoms with Crippen LogP contribution >= 0.6 is 34.4 Å². The summed E-state index contributed by atoms with van der Waals surface area (Å²) in [5.41, 5.74) is 5.67. The van der Waals surface area contributed by atoms with E-state index in [0.717, 1.165) is 42.9 Å². The van der Waals surface area contributed by atoms with Crippen LogP contribution in [0.2, 0.25) is 0 Å². The molecule has 0 atom stereocenters. The van der Waals surface area contributed by atoms with E-state index in [1.165, 1.54) is 11.7 Å². The van der Waals surface area contributed by atoms with Gasteiger partial charge in [-0.05, 0) is 22.9 Å². The Morgan fingerprint density at radius 1 is 0.652 bits per heavy atom. The number of hydrogen-bond acceptors (Lipinski definition) is 7. The Morgan fingerprint density at radius 3 is 1.61 bits per heavy atom. The Labute approximate surface area is 143 Å². The van der Waals surface area contributed by atoms with Crippen LogP contribution in [-0.2, 0) is 0 Å². The number of nitrogens with zero attached hydrogens (tertiary/aromatic N) is 4. The fourth-order valence-electron chi connectivity index (χ4n) is 2.75. The minimum atomic E-state index is 0.888. The molecule has 0 aliphatic heterocycles. The molecule has 0 radical (unpaired) electrons. The highest BCUT2D eigenvalue weighted by molar-refractivity contribution is 7.14. The Kier molecular flexibility index (Phi) is 2.97. The molecule has 0 spiro atoms. The molecule has 0 fully saturated rings. The molecule has 4 nitrogen and oxygen atoms in total. The summed E-state index contributed by atoms with van der Waals surface area (Å²) in [7, 11) is 0. The lowest BCUT2D eigenvalue weighted by Gasteiger charge is -2.09. The van der Waals surface area contributed by atoms with Gasteiger partial charge in [-0.3, -0.25) is 9.97 Å². The molecule has 23 heavy (non-hydrogen) atoms. The second-order valence-corrected chi connectivity index (χ2v) is 7.34.